The van der Waals surface area contributed by atoms with Gasteiger partial charge in [0, 0.05) is 17.1 Å². The van der Waals surface area contributed by atoms with Crippen LogP contribution < -0.4 is 21.3 Å². The van der Waals surface area contributed by atoms with Crippen LogP contribution in [0.2, 0.25) is 5.02 Å². The summed E-state index contributed by atoms with van der Waals surface area (Å²) in [5, 5.41) is 12.4. The molecule has 0 spiro atoms. The van der Waals surface area contributed by atoms with Crippen LogP contribution in [0.15, 0.2) is 35.7 Å². The smallest absolute Gasteiger partial charge is 0.322 e. The first kappa shape index (κ1) is 19.2. The Labute approximate surface area is 164 Å². The van der Waals surface area contributed by atoms with Crippen LogP contribution >= 0.6 is 23.4 Å². The summed E-state index contributed by atoms with van der Waals surface area (Å²) in [6, 6.07) is 4.86. The van der Waals surface area contributed by atoms with E-state index in [1.165, 1.54) is 23.9 Å². The average Bonchev–Trinajstić information content (AvgIpc) is 3.06. The molecule has 0 bridgehead atoms. The van der Waals surface area contributed by atoms with E-state index in [0.29, 0.717) is 18.0 Å². The second kappa shape index (κ2) is 8.01. The van der Waals surface area contributed by atoms with E-state index in [4.69, 9.17) is 11.6 Å². The van der Waals surface area contributed by atoms with Crippen molar-refractivity contribution >= 4 is 47.1 Å². The van der Waals surface area contributed by atoms with Crippen LogP contribution in [-0.4, -0.2) is 41.2 Å². The van der Waals surface area contributed by atoms with Crippen molar-refractivity contribution in [3.05, 3.63) is 46.3 Å². The lowest BCUT2D eigenvalue weighted by Gasteiger charge is -2.31. The molecule has 2 atom stereocenters. The number of nitrogens with one attached hydrogen (secondary N) is 4. The maximum atomic E-state index is 12.3. The van der Waals surface area contributed by atoms with Gasteiger partial charge in [-0.05, 0) is 36.1 Å². The lowest BCUT2D eigenvalue weighted by atomic mass is 10.1. The van der Waals surface area contributed by atoms with Gasteiger partial charge in [-0.25, -0.2) is 4.79 Å². The van der Waals surface area contributed by atoms with Crippen LogP contribution in [0.5, 0.6) is 0 Å². The summed E-state index contributed by atoms with van der Waals surface area (Å²) in [4.78, 5) is 47.0. The fourth-order valence-corrected chi connectivity index (χ4v) is 3.76. The molecule has 0 aliphatic carbocycles. The predicted molar refractivity (Wildman–Crippen MR) is 101 cm³/mol. The first-order chi connectivity index (χ1) is 12.9. The third kappa shape index (κ3) is 4.81. The fraction of sp³-hybridized carbons (Fsp3) is 0.294. The Kier molecular flexibility index (Phi) is 5.71. The van der Waals surface area contributed by atoms with Crippen LogP contribution in [0.3, 0.4) is 0 Å². The normalized spacial score (nSPS) is 23.1. The van der Waals surface area contributed by atoms with E-state index in [1.54, 1.807) is 17.5 Å². The molecule has 2 aliphatic heterocycles. The lowest BCUT2D eigenvalue weighted by Crippen LogP contribution is -2.62. The Bertz CT molecular complexity index is 804. The summed E-state index contributed by atoms with van der Waals surface area (Å²) >= 11 is 7.06. The van der Waals surface area contributed by atoms with E-state index in [-0.39, 0.29) is 23.8 Å². The number of hydrogen-bond donors (Lipinski definition) is 4. The maximum Gasteiger partial charge on any atom is 0.322 e. The summed E-state index contributed by atoms with van der Waals surface area (Å²) < 4.78 is 0. The highest BCUT2D eigenvalue weighted by molar-refractivity contribution is 8.03. The number of amides is 5. The van der Waals surface area contributed by atoms with E-state index in [9.17, 15) is 19.2 Å². The summed E-state index contributed by atoms with van der Waals surface area (Å²) in [6.07, 6.45) is 2.22. The zero-order valence-electron chi connectivity index (χ0n) is 14.1. The minimum Gasteiger partial charge on any atom is -0.352 e. The van der Waals surface area contributed by atoms with Crippen molar-refractivity contribution in [3.63, 3.8) is 0 Å². The zero-order chi connectivity index (χ0) is 19.4. The summed E-state index contributed by atoms with van der Waals surface area (Å²) in [5.41, 5.74) is 0.287. The molecule has 0 aromatic heterocycles. The van der Waals surface area contributed by atoms with Gasteiger partial charge in [0.05, 0.1) is 6.42 Å². The van der Waals surface area contributed by atoms with Gasteiger partial charge < -0.3 is 16.0 Å². The predicted octanol–water partition coefficient (Wildman–Crippen LogP) is 1.13. The van der Waals surface area contributed by atoms with E-state index in [1.807, 2.05) is 6.08 Å². The molecule has 3 rings (SSSR count). The molecule has 1 saturated heterocycles. The van der Waals surface area contributed by atoms with Gasteiger partial charge in [-0.1, -0.05) is 17.7 Å². The molecule has 1 aromatic rings. The largest absolute Gasteiger partial charge is 0.352 e. The molecule has 5 amide bonds. The number of carbonyl (C=O) groups excluding carboxylic acids is 4. The highest BCUT2D eigenvalue weighted by atomic mass is 35.5. The highest BCUT2D eigenvalue weighted by Crippen LogP contribution is 2.37. The van der Waals surface area contributed by atoms with Gasteiger partial charge in [-0.15, -0.1) is 11.8 Å². The number of imide groups is 1. The molecule has 1 fully saturated rings. The second-order valence-electron chi connectivity index (χ2n) is 6.15. The molecule has 142 valence electrons. The molecule has 2 unspecified atom stereocenters. The first-order valence-electron chi connectivity index (χ1n) is 8.16. The number of benzene rings is 1. The topological polar surface area (TPSA) is 116 Å². The van der Waals surface area contributed by atoms with Crippen molar-refractivity contribution in [2.45, 2.75) is 23.8 Å². The highest BCUT2D eigenvalue weighted by Gasteiger charge is 2.38. The van der Waals surface area contributed by atoms with Gasteiger partial charge in [-0.2, -0.15) is 0 Å². The number of halogens is 1. The van der Waals surface area contributed by atoms with Gasteiger partial charge in [0.1, 0.15) is 10.9 Å². The molecule has 4 N–H and O–H groups in total. The molecule has 0 saturated carbocycles. The van der Waals surface area contributed by atoms with Gasteiger partial charge in [0.25, 0.3) is 5.91 Å². The van der Waals surface area contributed by atoms with E-state index >= 15 is 0 Å². The average molecular weight is 409 g/mol. The van der Waals surface area contributed by atoms with Crippen LogP contribution in [0, 0.1) is 0 Å². The molecular weight excluding hydrogens is 392 g/mol. The summed E-state index contributed by atoms with van der Waals surface area (Å²) in [7, 11) is 0. The third-order valence-electron chi connectivity index (χ3n) is 4.09. The van der Waals surface area contributed by atoms with E-state index < -0.39 is 22.9 Å². The quantitative estimate of drug-likeness (QED) is 0.545. The number of β-lactam (4-membered cyclic amide) rings is 1. The molecular formula is C17H17ClN4O4S. The van der Waals surface area contributed by atoms with Gasteiger partial charge in [0.15, 0.2) is 0 Å². The van der Waals surface area contributed by atoms with Crippen molar-refractivity contribution in [2.75, 3.05) is 6.54 Å². The van der Waals surface area contributed by atoms with Crippen molar-refractivity contribution in [2.24, 2.45) is 0 Å². The molecule has 27 heavy (non-hydrogen) atoms. The Morgan fingerprint density at radius 3 is 2.56 bits per heavy atom. The zero-order valence-corrected chi connectivity index (χ0v) is 15.7. The van der Waals surface area contributed by atoms with Crippen LogP contribution in [0.25, 0.3) is 0 Å². The Morgan fingerprint density at radius 2 is 2.00 bits per heavy atom. The molecule has 8 nitrogen and oxygen atoms in total. The van der Waals surface area contributed by atoms with Crippen LogP contribution in [-0.2, 0) is 9.59 Å². The van der Waals surface area contributed by atoms with Gasteiger partial charge in [0.2, 0.25) is 11.8 Å². The number of thioether (sulfide) groups is 1. The Balaban J connectivity index is 1.57. The molecule has 10 heteroatoms. The summed E-state index contributed by atoms with van der Waals surface area (Å²) in [6.45, 7) is 0.395. The van der Waals surface area contributed by atoms with E-state index in [2.05, 4.69) is 21.3 Å². The van der Waals surface area contributed by atoms with Crippen molar-refractivity contribution < 1.29 is 19.2 Å². The standard InChI is InChI=1S/C17H17ClN4O4S/c18-11-4-2-10(3-5-11)14(24)21-16(26)22-17(6-1-7-27-17)8-13(23)20-12-9-19-15(12)25/h1-5,7,12H,6,8-9H2,(H,19,25)(H,20,23)(H2,21,22,24,26). The SMILES string of the molecule is O=C(CC1(NC(=O)NC(=O)c2ccc(Cl)cc2)CC=CS1)NC1CNC1=O. The Morgan fingerprint density at radius 1 is 1.26 bits per heavy atom. The fourth-order valence-electron chi connectivity index (χ4n) is 2.63. The maximum absolute atomic E-state index is 12.3. The number of hydrogen-bond acceptors (Lipinski definition) is 5. The second-order valence-corrected chi connectivity index (χ2v) is 7.87. The van der Waals surface area contributed by atoms with Gasteiger partial charge >= 0.3 is 6.03 Å². The number of urea groups is 1. The minimum atomic E-state index is -0.908. The third-order valence-corrected chi connectivity index (χ3v) is 5.54. The molecule has 0 radical (unpaired) electrons. The summed E-state index contributed by atoms with van der Waals surface area (Å²) in [5.74, 6) is -1.16. The van der Waals surface area contributed by atoms with Crippen molar-refractivity contribution in [1.29, 1.82) is 0 Å². The Hall–Kier alpha value is -2.52. The molecule has 2 heterocycles. The lowest BCUT2D eigenvalue weighted by molar-refractivity contribution is -0.133. The minimum absolute atomic E-state index is 0.0308. The van der Waals surface area contributed by atoms with Crippen LogP contribution in [0.1, 0.15) is 23.2 Å². The molecule has 1 aromatic carbocycles. The monoisotopic (exact) mass is 408 g/mol. The van der Waals surface area contributed by atoms with Gasteiger partial charge in [-0.3, -0.25) is 19.7 Å². The first-order valence-corrected chi connectivity index (χ1v) is 9.42. The number of rotatable bonds is 5. The molecule has 2 aliphatic rings. The van der Waals surface area contributed by atoms with Crippen molar-refractivity contribution in [3.8, 4) is 0 Å². The van der Waals surface area contributed by atoms with Crippen molar-refractivity contribution in [1.82, 2.24) is 21.3 Å². The number of carbonyl (C=O) groups is 4. The van der Waals surface area contributed by atoms with Crippen LogP contribution in [0.4, 0.5) is 4.79 Å². The van der Waals surface area contributed by atoms with E-state index in [0.717, 1.165) is 0 Å².